The molecule has 0 aliphatic carbocycles. The van der Waals surface area contributed by atoms with E-state index in [-0.39, 0.29) is 0 Å². The molecule has 0 spiro atoms. The number of ether oxygens (including phenoxy) is 3. The maximum absolute atomic E-state index is 6.14. The third-order valence-corrected chi connectivity index (χ3v) is 3.16. The molecule has 1 aliphatic rings. The number of hydrogen-bond donors (Lipinski definition) is 1. The van der Waals surface area contributed by atoms with Gasteiger partial charge in [-0.3, -0.25) is 0 Å². The van der Waals surface area contributed by atoms with Crippen molar-refractivity contribution in [3.8, 4) is 11.5 Å². The lowest BCUT2D eigenvalue weighted by Gasteiger charge is -2.31. The Hall–Kier alpha value is -1.62. The average molecular weight is 266 g/mol. The van der Waals surface area contributed by atoms with Gasteiger partial charge in [0.2, 0.25) is 0 Å². The van der Waals surface area contributed by atoms with Gasteiger partial charge in [-0.25, -0.2) is 0 Å². The van der Waals surface area contributed by atoms with Crippen molar-refractivity contribution in [1.29, 1.82) is 0 Å². The van der Waals surface area contributed by atoms with Gasteiger partial charge in [-0.15, -0.1) is 0 Å². The van der Waals surface area contributed by atoms with E-state index in [4.69, 9.17) is 19.9 Å². The number of anilines is 2. The van der Waals surface area contributed by atoms with Gasteiger partial charge in [0.1, 0.15) is 13.2 Å². The van der Waals surface area contributed by atoms with Crippen LogP contribution < -0.4 is 20.1 Å². The van der Waals surface area contributed by atoms with Crippen molar-refractivity contribution in [1.82, 2.24) is 0 Å². The van der Waals surface area contributed by atoms with E-state index in [0.717, 1.165) is 23.7 Å². The van der Waals surface area contributed by atoms with Crippen molar-refractivity contribution >= 4 is 11.4 Å². The molecule has 0 atom stereocenters. The summed E-state index contributed by atoms with van der Waals surface area (Å²) in [6, 6.07) is 4.13. The summed E-state index contributed by atoms with van der Waals surface area (Å²) in [6.45, 7) is 6.86. The van der Waals surface area contributed by atoms with E-state index in [0.29, 0.717) is 31.5 Å². The molecule has 0 fully saturated rings. The summed E-state index contributed by atoms with van der Waals surface area (Å²) in [4.78, 5) is 2.21. The molecule has 0 radical (unpaired) electrons. The first kappa shape index (κ1) is 13.8. The smallest absolute Gasteiger partial charge is 0.163 e. The zero-order chi connectivity index (χ0) is 13.8. The van der Waals surface area contributed by atoms with Crippen LogP contribution in [0.15, 0.2) is 12.1 Å². The number of nitrogens with zero attached hydrogens (tertiary/aromatic N) is 1. The van der Waals surface area contributed by atoms with Gasteiger partial charge in [0.05, 0.1) is 18.0 Å². The minimum atomic E-state index is 0.333. The Bertz CT molecular complexity index is 435. The minimum absolute atomic E-state index is 0.333. The fourth-order valence-electron chi connectivity index (χ4n) is 2.19. The SMILES string of the molecule is COCCN(c1cc2c(cc1N)OCCO2)C(C)C. The van der Waals surface area contributed by atoms with Crippen LogP contribution in [0.25, 0.3) is 0 Å². The Labute approximate surface area is 114 Å². The van der Waals surface area contributed by atoms with Gasteiger partial charge >= 0.3 is 0 Å². The molecule has 2 N–H and O–H groups in total. The van der Waals surface area contributed by atoms with Gasteiger partial charge in [0.25, 0.3) is 0 Å². The summed E-state index contributed by atoms with van der Waals surface area (Å²) in [5.41, 5.74) is 7.81. The number of methoxy groups -OCH3 is 1. The molecule has 0 saturated carbocycles. The van der Waals surface area contributed by atoms with Crippen molar-refractivity contribution in [3.63, 3.8) is 0 Å². The molecule has 1 aliphatic heterocycles. The molecule has 0 bridgehead atoms. The highest BCUT2D eigenvalue weighted by molar-refractivity contribution is 5.73. The van der Waals surface area contributed by atoms with Crippen LogP contribution in [0.4, 0.5) is 11.4 Å². The zero-order valence-corrected chi connectivity index (χ0v) is 11.8. The first-order chi connectivity index (χ1) is 9.13. The number of fused-ring (bicyclic) bond motifs is 1. The Balaban J connectivity index is 2.30. The summed E-state index contributed by atoms with van der Waals surface area (Å²) >= 11 is 0. The number of benzene rings is 1. The third-order valence-electron chi connectivity index (χ3n) is 3.16. The van der Waals surface area contributed by atoms with Crippen LogP contribution in [0.1, 0.15) is 13.8 Å². The second-order valence-electron chi connectivity index (χ2n) is 4.83. The van der Waals surface area contributed by atoms with E-state index in [1.807, 2.05) is 12.1 Å². The second kappa shape index (κ2) is 6.02. The largest absolute Gasteiger partial charge is 0.486 e. The average Bonchev–Trinajstić information content (AvgIpc) is 2.39. The zero-order valence-electron chi connectivity index (χ0n) is 11.8. The highest BCUT2D eigenvalue weighted by atomic mass is 16.6. The Morgan fingerprint density at radius 3 is 2.47 bits per heavy atom. The molecular formula is C14H22N2O3. The summed E-state index contributed by atoms with van der Waals surface area (Å²) in [5.74, 6) is 1.49. The Kier molecular flexibility index (Phi) is 4.37. The molecule has 0 unspecified atom stereocenters. The lowest BCUT2D eigenvalue weighted by molar-refractivity contribution is 0.171. The predicted molar refractivity (Wildman–Crippen MR) is 76.2 cm³/mol. The first-order valence-electron chi connectivity index (χ1n) is 6.58. The van der Waals surface area contributed by atoms with Crippen LogP contribution in [-0.2, 0) is 4.74 Å². The molecule has 0 aromatic heterocycles. The monoisotopic (exact) mass is 266 g/mol. The standard InChI is InChI=1S/C14H22N2O3/c1-10(2)16(4-5-17-3)12-9-14-13(8-11(12)15)18-6-7-19-14/h8-10H,4-7,15H2,1-3H3. The maximum Gasteiger partial charge on any atom is 0.163 e. The van der Waals surface area contributed by atoms with Crippen molar-refractivity contribution in [3.05, 3.63) is 12.1 Å². The summed E-state index contributed by atoms with van der Waals surface area (Å²) in [7, 11) is 1.70. The van der Waals surface area contributed by atoms with Crippen LogP contribution in [0, 0.1) is 0 Å². The molecule has 0 amide bonds. The molecule has 106 valence electrons. The first-order valence-corrected chi connectivity index (χ1v) is 6.58. The maximum atomic E-state index is 6.14. The Morgan fingerprint density at radius 2 is 1.89 bits per heavy atom. The summed E-state index contributed by atoms with van der Waals surface area (Å²) < 4.78 is 16.3. The van der Waals surface area contributed by atoms with Gasteiger partial charge in [0.15, 0.2) is 11.5 Å². The second-order valence-corrected chi connectivity index (χ2v) is 4.83. The highest BCUT2D eigenvalue weighted by Gasteiger charge is 2.19. The van der Waals surface area contributed by atoms with E-state index < -0.39 is 0 Å². The van der Waals surface area contributed by atoms with E-state index in [1.165, 1.54) is 0 Å². The number of nitrogen functional groups attached to an aromatic ring is 1. The number of nitrogens with two attached hydrogens (primary N) is 1. The van der Waals surface area contributed by atoms with Crippen LogP contribution in [-0.4, -0.2) is 39.5 Å². The van der Waals surface area contributed by atoms with Crippen LogP contribution >= 0.6 is 0 Å². The van der Waals surface area contributed by atoms with E-state index in [2.05, 4.69) is 18.7 Å². The molecular weight excluding hydrogens is 244 g/mol. The Morgan fingerprint density at radius 1 is 1.26 bits per heavy atom. The molecule has 2 rings (SSSR count). The van der Waals surface area contributed by atoms with Crippen LogP contribution in [0.5, 0.6) is 11.5 Å². The normalized spacial score (nSPS) is 13.7. The topological polar surface area (TPSA) is 57.0 Å². The van der Waals surface area contributed by atoms with Crippen LogP contribution in [0.2, 0.25) is 0 Å². The predicted octanol–water partition coefficient (Wildman–Crippen LogP) is 1.90. The molecule has 5 heteroatoms. The van der Waals surface area contributed by atoms with E-state index in [9.17, 15) is 0 Å². The highest BCUT2D eigenvalue weighted by Crippen LogP contribution is 2.39. The number of rotatable bonds is 5. The fraction of sp³-hybridized carbons (Fsp3) is 0.571. The third kappa shape index (κ3) is 3.04. The van der Waals surface area contributed by atoms with Crippen molar-refractivity contribution in [2.24, 2.45) is 0 Å². The van der Waals surface area contributed by atoms with E-state index >= 15 is 0 Å². The fourth-order valence-corrected chi connectivity index (χ4v) is 2.19. The minimum Gasteiger partial charge on any atom is -0.486 e. The number of hydrogen-bond acceptors (Lipinski definition) is 5. The molecule has 1 aromatic rings. The quantitative estimate of drug-likeness (QED) is 0.825. The molecule has 5 nitrogen and oxygen atoms in total. The summed E-state index contributed by atoms with van der Waals surface area (Å²) in [6.07, 6.45) is 0. The lowest BCUT2D eigenvalue weighted by Crippen LogP contribution is -2.34. The van der Waals surface area contributed by atoms with E-state index in [1.54, 1.807) is 7.11 Å². The molecule has 19 heavy (non-hydrogen) atoms. The van der Waals surface area contributed by atoms with Crippen molar-refractivity contribution < 1.29 is 14.2 Å². The van der Waals surface area contributed by atoms with Gasteiger partial charge in [-0.1, -0.05) is 0 Å². The van der Waals surface area contributed by atoms with Gasteiger partial charge in [-0.2, -0.15) is 0 Å². The van der Waals surface area contributed by atoms with Crippen LogP contribution in [0.3, 0.4) is 0 Å². The molecule has 0 saturated heterocycles. The van der Waals surface area contributed by atoms with Crippen molar-refractivity contribution in [2.75, 3.05) is 44.1 Å². The lowest BCUT2D eigenvalue weighted by atomic mass is 10.1. The van der Waals surface area contributed by atoms with Gasteiger partial charge < -0.3 is 24.8 Å². The summed E-state index contributed by atoms with van der Waals surface area (Å²) in [5, 5.41) is 0. The molecule has 1 heterocycles. The van der Waals surface area contributed by atoms with Gasteiger partial charge in [-0.05, 0) is 13.8 Å². The molecule has 1 aromatic carbocycles. The van der Waals surface area contributed by atoms with Gasteiger partial charge in [0, 0.05) is 31.8 Å². The van der Waals surface area contributed by atoms with Crippen molar-refractivity contribution in [2.45, 2.75) is 19.9 Å².